The summed E-state index contributed by atoms with van der Waals surface area (Å²) in [5.74, 6) is 0. The summed E-state index contributed by atoms with van der Waals surface area (Å²) in [5, 5.41) is 13.9. The second kappa shape index (κ2) is 5.34. The van der Waals surface area contributed by atoms with E-state index < -0.39 is 0 Å². The number of nitrogens with zero attached hydrogens (tertiary/aromatic N) is 2. The summed E-state index contributed by atoms with van der Waals surface area (Å²) in [6, 6.07) is 18.6. The largest absolute Gasteiger partial charge is 0.379 e. The van der Waals surface area contributed by atoms with Gasteiger partial charge in [0.05, 0.1) is 17.8 Å². The van der Waals surface area contributed by atoms with Crippen LogP contribution in [0.2, 0.25) is 0 Å². The lowest BCUT2D eigenvalue weighted by Gasteiger charge is -2.09. The highest BCUT2D eigenvalue weighted by atomic mass is 15.0. The topological polar surface area (TPSA) is 40.8 Å². The maximum atomic E-state index is 9.48. The quantitative estimate of drug-likeness (QED) is 0.785. The number of anilines is 1. The van der Waals surface area contributed by atoms with E-state index in [1.807, 2.05) is 43.4 Å². The summed E-state index contributed by atoms with van der Waals surface area (Å²) in [6.07, 6.45) is 0. The molecule has 0 spiro atoms. The molecule has 0 saturated carbocycles. The first-order valence-electron chi connectivity index (χ1n) is 6.97. The van der Waals surface area contributed by atoms with Crippen molar-refractivity contribution < 1.29 is 0 Å². The van der Waals surface area contributed by atoms with E-state index in [9.17, 15) is 5.26 Å². The molecule has 0 saturated heterocycles. The fraction of sp³-hybridized carbons (Fsp3) is 0.167. The molecule has 3 rings (SSSR count). The van der Waals surface area contributed by atoms with Gasteiger partial charge in [0.25, 0.3) is 0 Å². The first-order valence-corrected chi connectivity index (χ1v) is 6.97. The molecule has 1 heterocycles. The van der Waals surface area contributed by atoms with Crippen LogP contribution in [0.1, 0.15) is 16.8 Å². The van der Waals surface area contributed by atoms with E-state index in [4.69, 9.17) is 0 Å². The standard InChI is InChI=1S/C18H17N3/c1-13-6-5-7-14(10-13)20-12-18-16(11-19)15-8-3-4-9-17(15)21(18)2/h3-10,20H,12H2,1-2H3. The van der Waals surface area contributed by atoms with Gasteiger partial charge < -0.3 is 9.88 Å². The SMILES string of the molecule is Cc1cccc(NCc2c(C#N)c3ccccc3n2C)c1. The third-order valence-corrected chi connectivity index (χ3v) is 3.82. The summed E-state index contributed by atoms with van der Waals surface area (Å²) in [6.45, 7) is 2.71. The second-order valence-electron chi connectivity index (χ2n) is 5.23. The van der Waals surface area contributed by atoms with Gasteiger partial charge in [0, 0.05) is 23.6 Å². The minimum atomic E-state index is 0.636. The molecular formula is C18H17N3. The van der Waals surface area contributed by atoms with Crippen LogP contribution in [0.4, 0.5) is 5.69 Å². The van der Waals surface area contributed by atoms with Crippen LogP contribution in [-0.2, 0) is 13.6 Å². The third-order valence-electron chi connectivity index (χ3n) is 3.82. The number of nitrogens with one attached hydrogen (secondary N) is 1. The molecule has 104 valence electrons. The average molecular weight is 275 g/mol. The number of aryl methyl sites for hydroxylation is 2. The highest BCUT2D eigenvalue weighted by Crippen LogP contribution is 2.25. The Hall–Kier alpha value is -2.73. The average Bonchev–Trinajstić information content (AvgIpc) is 2.78. The van der Waals surface area contributed by atoms with Crippen molar-refractivity contribution in [3.63, 3.8) is 0 Å². The lowest BCUT2D eigenvalue weighted by molar-refractivity contribution is 0.867. The van der Waals surface area contributed by atoms with Gasteiger partial charge in [-0.1, -0.05) is 30.3 Å². The number of benzene rings is 2. The Morgan fingerprint density at radius 3 is 2.71 bits per heavy atom. The van der Waals surface area contributed by atoms with Crippen molar-refractivity contribution in [2.24, 2.45) is 7.05 Å². The van der Waals surface area contributed by atoms with Crippen LogP contribution in [0.15, 0.2) is 48.5 Å². The number of hydrogen-bond acceptors (Lipinski definition) is 2. The van der Waals surface area contributed by atoms with Crippen LogP contribution in [0.25, 0.3) is 10.9 Å². The molecular weight excluding hydrogens is 258 g/mol. The fourth-order valence-corrected chi connectivity index (χ4v) is 2.72. The van der Waals surface area contributed by atoms with Gasteiger partial charge in [-0.25, -0.2) is 0 Å². The van der Waals surface area contributed by atoms with Crippen LogP contribution in [0, 0.1) is 18.3 Å². The number of aromatic nitrogens is 1. The van der Waals surface area contributed by atoms with Crippen molar-refractivity contribution in [1.29, 1.82) is 5.26 Å². The van der Waals surface area contributed by atoms with Crippen LogP contribution in [-0.4, -0.2) is 4.57 Å². The van der Waals surface area contributed by atoms with E-state index in [2.05, 4.69) is 35.0 Å². The van der Waals surface area contributed by atoms with Crippen LogP contribution in [0.3, 0.4) is 0 Å². The van der Waals surface area contributed by atoms with E-state index in [0.29, 0.717) is 6.54 Å². The van der Waals surface area contributed by atoms with Crippen molar-refractivity contribution in [2.45, 2.75) is 13.5 Å². The number of fused-ring (bicyclic) bond motifs is 1. The molecule has 2 aromatic carbocycles. The molecule has 3 heteroatoms. The predicted molar refractivity (Wildman–Crippen MR) is 86.1 cm³/mol. The maximum absolute atomic E-state index is 9.48. The summed E-state index contributed by atoms with van der Waals surface area (Å²) in [4.78, 5) is 0. The van der Waals surface area contributed by atoms with Gasteiger partial charge in [-0.15, -0.1) is 0 Å². The molecule has 0 atom stereocenters. The first-order chi connectivity index (χ1) is 10.2. The number of nitriles is 1. The zero-order valence-corrected chi connectivity index (χ0v) is 12.2. The third kappa shape index (κ3) is 2.36. The lowest BCUT2D eigenvalue weighted by atomic mass is 10.1. The zero-order valence-electron chi connectivity index (χ0n) is 12.2. The fourth-order valence-electron chi connectivity index (χ4n) is 2.72. The van der Waals surface area contributed by atoms with Crippen LogP contribution >= 0.6 is 0 Å². The highest BCUT2D eigenvalue weighted by molar-refractivity contribution is 5.88. The normalized spacial score (nSPS) is 10.5. The maximum Gasteiger partial charge on any atom is 0.102 e. The van der Waals surface area contributed by atoms with Crippen molar-refractivity contribution >= 4 is 16.6 Å². The molecule has 0 aliphatic heterocycles. The Balaban J connectivity index is 1.97. The van der Waals surface area contributed by atoms with E-state index in [1.165, 1.54) is 5.56 Å². The Morgan fingerprint density at radius 1 is 1.14 bits per heavy atom. The monoisotopic (exact) mass is 275 g/mol. The summed E-state index contributed by atoms with van der Waals surface area (Å²) in [7, 11) is 2.01. The molecule has 1 N–H and O–H groups in total. The van der Waals surface area contributed by atoms with Gasteiger partial charge in [-0.3, -0.25) is 0 Å². The van der Waals surface area contributed by atoms with Gasteiger partial charge >= 0.3 is 0 Å². The van der Waals surface area contributed by atoms with Crippen molar-refractivity contribution in [2.75, 3.05) is 5.32 Å². The molecule has 0 aliphatic carbocycles. The summed E-state index contributed by atoms with van der Waals surface area (Å²) >= 11 is 0. The van der Waals surface area contributed by atoms with E-state index in [1.54, 1.807) is 0 Å². The molecule has 0 fully saturated rings. The van der Waals surface area contributed by atoms with E-state index in [0.717, 1.165) is 27.8 Å². The number of rotatable bonds is 3. The van der Waals surface area contributed by atoms with E-state index in [-0.39, 0.29) is 0 Å². The summed E-state index contributed by atoms with van der Waals surface area (Å²) < 4.78 is 2.09. The Bertz CT molecular complexity index is 837. The van der Waals surface area contributed by atoms with Crippen molar-refractivity contribution in [1.82, 2.24) is 4.57 Å². The van der Waals surface area contributed by atoms with Gasteiger partial charge in [0.2, 0.25) is 0 Å². The molecule has 1 aromatic heterocycles. The smallest absolute Gasteiger partial charge is 0.102 e. The summed E-state index contributed by atoms with van der Waals surface area (Å²) in [5.41, 5.74) is 5.16. The predicted octanol–water partition coefficient (Wildman–Crippen LogP) is 3.97. The van der Waals surface area contributed by atoms with Gasteiger partial charge in [-0.2, -0.15) is 5.26 Å². The Kier molecular flexibility index (Phi) is 3.37. The molecule has 3 nitrogen and oxygen atoms in total. The number of para-hydroxylation sites is 1. The van der Waals surface area contributed by atoms with Gasteiger partial charge in [0.1, 0.15) is 6.07 Å². The van der Waals surface area contributed by atoms with E-state index >= 15 is 0 Å². The van der Waals surface area contributed by atoms with Crippen molar-refractivity contribution in [3.05, 3.63) is 65.4 Å². The minimum absolute atomic E-state index is 0.636. The van der Waals surface area contributed by atoms with Crippen LogP contribution in [0.5, 0.6) is 0 Å². The molecule has 0 aliphatic rings. The Labute approximate surface area is 124 Å². The van der Waals surface area contributed by atoms with Gasteiger partial charge in [-0.05, 0) is 30.7 Å². The second-order valence-corrected chi connectivity index (χ2v) is 5.23. The lowest BCUT2D eigenvalue weighted by Crippen LogP contribution is -2.06. The number of hydrogen-bond donors (Lipinski definition) is 1. The van der Waals surface area contributed by atoms with Crippen molar-refractivity contribution in [3.8, 4) is 6.07 Å². The molecule has 3 aromatic rings. The molecule has 0 radical (unpaired) electrons. The minimum Gasteiger partial charge on any atom is -0.379 e. The molecule has 0 bridgehead atoms. The first kappa shape index (κ1) is 13.3. The molecule has 21 heavy (non-hydrogen) atoms. The molecule has 0 unspecified atom stereocenters. The highest BCUT2D eigenvalue weighted by Gasteiger charge is 2.13. The van der Waals surface area contributed by atoms with Gasteiger partial charge in [0.15, 0.2) is 0 Å². The van der Waals surface area contributed by atoms with Crippen LogP contribution < -0.4 is 5.32 Å². The zero-order chi connectivity index (χ0) is 14.8. The molecule has 0 amide bonds. The Morgan fingerprint density at radius 2 is 1.95 bits per heavy atom.